The molecule has 4 heteroatoms. The van der Waals surface area contributed by atoms with E-state index in [1.165, 1.54) is 0 Å². The fourth-order valence-corrected chi connectivity index (χ4v) is 1.73. The van der Waals surface area contributed by atoms with Crippen LogP contribution < -0.4 is 4.90 Å². The van der Waals surface area contributed by atoms with Gasteiger partial charge in [0, 0.05) is 38.1 Å². The number of nitriles is 1. The number of hydrogen-bond donors (Lipinski definition) is 0. The van der Waals surface area contributed by atoms with Crippen LogP contribution in [0.4, 0.5) is 5.69 Å². The zero-order valence-corrected chi connectivity index (χ0v) is 10.2. The van der Waals surface area contributed by atoms with Crippen LogP contribution in [0.15, 0.2) is 42.9 Å². The maximum atomic E-state index is 9.04. The second-order valence-corrected chi connectivity index (χ2v) is 4.00. The normalized spacial score (nSPS) is 9.78. The van der Waals surface area contributed by atoms with E-state index < -0.39 is 0 Å². The molecular formula is C14H14N4. The first kappa shape index (κ1) is 12.1. The molecule has 2 heterocycles. The van der Waals surface area contributed by atoms with E-state index in [1.54, 1.807) is 24.7 Å². The Hall–Kier alpha value is -2.41. The summed E-state index contributed by atoms with van der Waals surface area (Å²) in [4.78, 5) is 10.4. The topological polar surface area (TPSA) is 52.8 Å². The van der Waals surface area contributed by atoms with E-state index in [0.717, 1.165) is 24.3 Å². The molecule has 0 amide bonds. The van der Waals surface area contributed by atoms with Crippen LogP contribution >= 0.6 is 0 Å². The minimum atomic E-state index is 0.647. The zero-order chi connectivity index (χ0) is 12.8. The average Bonchev–Trinajstić information content (AvgIpc) is 2.45. The molecule has 2 aromatic rings. The molecule has 0 N–H and O–H groups in total. The van der Waals surface area contributed by atoms with Crippen molar-refractivity contribution in [3.05, 3.63) is 54.1 Å². The van der Waals surface area contributed by atoms with Gasteiger partial charge in [0.15, 0.2) is 0 Å². The Morgan fingerprint density at radius 2 is 2.17 bits per heavy atom. The van der Waals surface area contributed by atoms with Crippen molar-refractivity contribution in [2.45, 2.75) is 6.42 Å². The number of aromatic nitrogens is 2. The summed E-state index contributed by atoms with van der Waals surface area (Å²) in [5, 5.41) is 9.04. The molecule has 0 bridgehead atoms. The number of likely N-dealkylation sites (N-methyl/N-ethyl adjacent to an activating group) is 1. The highest BCUT2D eigenvalue weighted by molar-refractivity contribution is 5.56. The molecule has 0 unspecified atom stereocenters. The van der Waals surface area contributed by atoms with E-state index >= 15 is 0 Å². The Morgan fingerprint density at radius 1 is 1.28 bits per heavy atom. The van der Waals surface area contributed by atoms with Gasteiger partial charge in [-0.2, -0.15) is 5.26 Å². The van der Waals surface area contributed by atoms with E-state index in [1.807, 2.05) is 30.1 Å². The fraction of sp³-hybridized carbons (Fsp3) is 0.214. The van der Waals surface area contributed by atoms with Gasteiger partial charge in [-0.3, -0.25) is 9.97 Å². The number of anilines is 1. The highest BCUT2D eigenvalue weighted by Crippen LogP contribution is 2.16. The number of pyridine rings is 2. The molecule has 0 aliphatic rings. The lowest BCUT2D eigenvalue weighted by Crippen LogP contribution is -2.21. The van der Waals surface area contributed by atoms with E-state index in [0.29, 0.717) is 5.56 Å². The third-order valence-corrected chi connectivity index (χ3v) is 2.76. The first-order valence-corrected chi connectivity index (χ1v) is 5.76. The van der Waals surface area contributed by atoms with Gasteiger partial charge in [-0.15, -0.1) is 0 Å². The maximum Gasteiger partial charge on any atom is 0.101 e. The minimum absolute atomic E-state index is 0.647. The van der Waals surface area contributed by atoms with E-state index in [9.17, 15) is 0 Å². The van der Waals surface area contributed by atoms with Gasteiger partial charge in [-0.1, -0.05) is 6.07 Å². The Balaban J connectivity index is 2.04. The van der Waals surface area contributed by atoms with Gasteiger partial charge >= 0.3 is 0 Å². The molecule has 0 aliphatic heterocycles. The summed E-state index contributed by atoms with van der Waals surface area (Å²) in [7, 11) is 1.96. The molecule has 18 heavy (non-hydrogen) atoms. The summed E-state index contributed by atoms with van der Waals surface area (Å²) in [5.74, 6) is 0. The van der Waals surface area contributed by atoms with E-state index in [4.69, 9.17) is 5.26 Å². The molecule has 0 aliphatic carbocycles. The second-order valence-electron chi connectivity index (χ2n) is 4.00. The quantitative estimate of drug-likeness (QED) is 0.817. The lowest BCUT2D eigenvalue weighted by molar-refractivity contribution is 0.849. The van der Waals surface area contributed by atoms with Crippen LogP contribution in [0.1, 0.15) is 11.3 Å². The Bertz CT molecular complexity index is 545. The maximum absolute atomic E-state index is 9.04. The van der Waals surface area contributed by atoms with Crippen LogP contribution in [0, 0.1) is 11.3 Å². The Labute approximate surface area is 107 Å². The lowest BCUT2D eigenvalue weighted by Gasteiger charge is -2.19. The van der Waals surface area contributed by atoms with Crippen molar-refractivity contribution in [1.82, 2.24) is 9.97 Å². The molecule has 2 rings (SSSR count). The smallest absolute Gasteiger partial charge is 0.101 e. The molecule has 0 fully saturated rings. The van der Waals surface area contributed by atoms with E-state index in [2.05, 4.69) is 16.0 Å². The van der Waals surface area contributed by atoms with Gasteiger partial charge in [0.2, 0.25) is 0 Å². The Morgan fingerprint density at radius 3 is 2.89 bits per heavy atom. The van der Waals surface area contributed by atoms with Crippen LogP contribution in [0.5, 0.6) is 0 Å². The van der Waals surface area contributed by atoms with Gasteiger partial charge < -0.3 is 4.90 Å². The fourth-order valence-electron chi connectivity index (χ4n) is 1.73. The predicted octanol–water partition coefficient (Wildman–Crippen LogP) is 2.03. The van der Waals surface area contributed by atoms with E-state index in [-0.39, 0.29) is 0 Å². The molecule has 0 spiro atoms. The molecular weight excluding hydrogens is 224 g/mol. The first-order chi connectivity index (χ1) is 8.81. The predicted molar refractivity (Wildman–Crippen MR) is 70.2 cm³/mol. The summed E-state index contributed by atoms with van der Waals surface area (Å²) >= 11 is 0. The first-order valence-electron chi connectivity index (χ1n) is 5.76. The van der Waals surface area contributed by atoms with Crippen LogP contribution in [0.2, 0.25) is 0 Å². The highest BCUT2D eigenvalue weighted by Gasteiger charge is 2.07. The van der Waals surface area contributed by atoms with Crippen molar-refractivity contribution < 1.29 is 0 Å². The molecule has 0 radical (unpaired) electrons. The van der Waals surface area contributed by atoms with Gasteiger partial charge in [0.1, 0.15) is 6.07 Å². The summed E-state index contributed by atoms with van der Waals surface area (Å²) < 4.78 is 0. The van der Waals surface area contributed by atoms with Crippen LogP contribution in [-0.2, 0) is 6.42 Å². The van der Waals surface area contributed by atoms with Crippen molar-refractivity contribution in [2.75, 3.05) is 18.5 Å². The number of nitrogens with zero attached hydrogens (tertiary/aromatic N) is 4. The zero-order valence-electron chi connectivity index (χ0n) is 10.2. The second kappa shape index (κ2) is 5.78. The molecule has 0 atom stereocenters. The third-order valence-electron chi connectivity index (χ3n) is 2.76. The van der Waals surface area contributed by atoms with Crippen LogP contribution in [0.25, 0.3) is 0 Å². The van der Waals surface area contributed by atoms with Gasteiger partial charge in [0.05, 0.1) is 17.4 Å². The molecule has 4 nitrogen and oxygen atoms in total. The SMILES string of the molecule is CN(CCc1ccccn1)c1cnccc1C#N. The summed E-state index contributed by atoms with van der Waals surface area (Å²) in [6, 6.07) is 9.79. The summed E-state index contributed by atoms with van der Waals surface area (Å²) in [6.45, 7) is 0.803. The van der Waals surface area contributed by atoms with Crippen molar-refractivity contribution in [3.63, 3.8) is 0 Å². The summed E-state index contributed by atoms with van der Waals surface area (Å²) in [6.07, 6.45) is 5.99. The molecule has 0 saturated heterocycles. The van der Waals surface area contributed by atoms with Crippen molar-refractivity contribution in [2.24, 2.45) is 0 Å². The molecule has 0 aromatic carbocycles. The van der Waals surface area contributed by atoms with Crippen molar-refractivity contribution in [1.29, 1.82) is 5.26 Å². The molecule has 0 saturated carbocycles. The standard InChI is InChI=1S/C14H14N4/c1-18(9-6-13-4-2-3-7-17-13)14-11-16-8-5-12(14)10-15/h2-5,7-8,11H,6,9H2,1H3. The van der Waals surface area contributed by atoms with Gasteiger partial charge in [-0.05, 0) is 18.2 Å². The Kier molecular flexibility index (Phi) is 3.87. The average molecular weight is 238 g/mol. The number of rotatable bonds is 4. The monoisotopic (exact) mass is 238 g/mol. The molecule has 90 valence electrons. The van der Waals surface area contributed by atoms with Crippen LogP contribution in [0.3, 0.4) is 0 Å². The molecule has 2 aromatic heterocycles. The van der Waals surface area contributed by atoms with Crippen LogP contribution in [-0.4, -0.2) is 23.6 Å². The lowest BCUT2D eigenvalue weighted by atomic mass is 10.2. The van der Waals surface area contributed by atoms with Gasteiger partial charge in [0.25, 0.3) is 0 Å². The van der Waals surface area contributed by atoms with Crippen molar-refractivity contribution in [3.8, 4) is 6.07 Å². The van der Waals surface area contributed by atoms with Gasteiger partial charge in [-0.25, -0.2) is 0 Å². The largest absolute Gasteiger partial charge is 0.372 e. The number of hydrogen-bond acceptors (Lipinski definition) is 4. The minimum Gasteiger partial charge on any atom is -0.372 e. The van der Waals surface area contributed by atoms with Crippen molar-refractivity contribution >= 4 is 5.69 Å². The third kappa shape index (κ3) is 2.83. The highest BCUT2D eigenvalue weighted by atomic mass is 15.1. The summed E-state index contributed by atoms with van der Waals surface area (Å²) in [5.41, 5.74) is 2.55.